The molecule has 1 nitrogen and oxygen atoms in total. The second-order valence-electron chi connectivity index (χ2n) is 3.29. The lowest BCUT2D eigenvalue weighted by Gasteiger charge is -2.37. The molecule has 0 aliphatic rings. The summed E-state index contributed by atoms with van der Waals surface area (Å²) in [5.41, 5.74) is 0. The lowest BCUT2D eigenvalue weighted by Crippen LogP contribution is -2.67. The molecule has 0 amide bonds. The van der Waals surface area contributed by atoms with E-state index in [0.717, 1.165) is 0 Å². The van der Waals surface area contributed by atoms with Crippen molar-refractivity contribution < 1.29 is 49.0 Å². The number of alkyl halides is 10. The monoisotopic (exact) mass is 295 g/mol. The van der Waals surface area contributed by atoms with Gasteiger partial charge in [-0.3, -0.25) is 0 Å². The van der Waals surface area contributed by atoms with Crippen LogP contribution in [0.3, 0.4) is 0 Å². The van der Waals surface area contributed by atoms with Gasteiger partial charge < -0.3 is 5.11 Å². The Morgan fingerprint density at radius 1 is 0.667 bits per heavy atom. The Kier molecular flexibility index (Phi) is 3.97. The molecule has 0 aliphatic carbocycles. The van der Waals surface area contributed by atoms with E-state index in [9.17, 15) is 43.9 Å². The van der Waals surface area contributed by atoms with Crippen molar-refractivity contribution in [1.82, 2.24) is 0 Å². The van der Waals surface area contributed by atoms with Crippen molar-refractivity contribution in [3.63, 3.8) is 0 Å². The predicted octanol–water partition coefficient (Wildman–Crippen LogP) is 2.99. The summed E-state index contributed by atoms with van der Waals surface area (Å²) in [5, 5.41) is 7.75. The lowest BCUT2D eigenvalue weighted by atomic mass is 9.95. The zero-order valence-corrected chi connectivity index (χ0v) is 8.14. The molecule has 0 aliphatic heterocycles. The first-order valence-electron chi connectivity index (χ1n) is 3.91. The highest BCUT2D eigenvalue weighted by atomic mass is 19.4. The van der Waals surface area contributed by atoms with Gasteiger partial charge in [0.2, 0.25) is 0 Å². The average molecular weight is 295 g/mol. The molecule has 0 aromatic heterocycles. The summed E-state index contributed by atoms with van der Waals surface area (Å²) in [5.74, 6) is -32.8. The van der Waals surface area contributed by atoms with Gasteiger partial charge in [0.05, 0.1) is 0 Å². The number of rotatable bonds is 5. The van der Waals surface area contributed by atoms with E-state index in [1.54, 1.807) is 0 Å². The second kappa shape index (κ2) is 4.14. The Hall–Kier alpha value is -0.740. The van der Waals surface area contributed by atoms with Crippen LogP contribution in [0.4, 0.5) is 43.9 Å². The summed E-state index contributed by atoms with van der Waals surface area (Å²) in [4.78, 5) is 0. The summed E-state index contributed by atoms with van der Waals surface area (Å²) < 4.78 is 124. The van der Waals surface area contributed by atoms with Gasteiger partial charge in [-0.1, -0.05) is 0 Å². The Morgan fingerprint density at radius 2 is 1.00 bits per heavy atom. The summed E-state index contributed by atoms with van der Waals surface area (Å²) in [6, 6.07) is 0. The molecule has 0 saturated heterocycles. The zero-order chi connectivity index (χ0) is 15.2. The van der Waals surface area contributed by atoms with Crippen molar-refractivity contribution in [1.29, 1.82) is 0 Å². The van der Waals surface area contributed by atoms with E-state index in [2.05, 4.69) is 0 Å². The van der Waals surface area contributed by atoms with E-state index in [1.165, 1.54) is 6.92 Å². The molecule has 0 atom stereocenters. The van der Waals surface area contributed by atoms with Crippen LogP contribution in [0.1, 0.15) is 0 Å². The quantitative estimate of drug-likeness (QED) is 0.773. The van der Waals surface area contributed by atoms with Crippen LogP contribution in [0.15, 0.2) is 0 Å². The van der Waals surface area contributed by atoms with Crippen LogP contribution in [0.2, 0.25) is 0 Å². The highest BCUT2D eigenvalue weighted by Gasteiger charge is 2.85. The molecule has 0 aromatic carbocycles. The predicted molar refractivity (Wildman–Crippen MR) is 37.2 cm³/mol. The maximum Gasteiger partial charge on any atom is 0.384 e. The van der Waals surface area contributed by atoms with Crippen LogP contribution in [0.25, 0.3) is 0 Å². The first-order valence-corrected chi connectivity index (χ1v) is 3.91. The number of hydrogen-bond acceptors (Lipinski definition) is 1. The molecule has 0 rings (SSSR count). The van der Waals surface area contributed by atoms with Gasteiger partial charge in [0, 0.05) is 6.92 Å². The van der Waals surface area contributed by atoms with E-state index in [0.29, 0.717) is 0 Å². The Balaban J connectivity index is 5.80. The van der Waals surface area contributed by atoms with E-state index in [1.807, 2.05) is 0 Å². The molecule has 11 heteroatoms. The van der Waals surface area contributed by atoms with Gasteiger partial charge in [-0.05, 0) is 0 Å². The minimum absolute atomic E-state index is 1.23. The molecule has 18 heavy (non-hydrogen) atoms. The minimum atomic E-state index is -7.13. The molecule has 0 bridgehead atoms. The SMILES string of the molecule is [CH2]C(F)(F)C(F)(F)C(F)(F)C(F)(F)C(F)(F)CO. The van der Waals surface area contributed by atoms with E-state index in [-0.39, 0.29) is 0 Å². The maximum atomic E-state index is 12.5. The molecular formula is C7H5F10O. The highest BCUT2D eigenvalue weighted by Crippen LogP contribution is 2.56. The molecule has 109 valence electrons. The number of aliphatic hydroxyl groups is 1. The highest BCUT2D eigenvalue weighted by molar-refractivity contribution is 5.08. The van der Waals surface area contributed by atoms with Crippen LogP contribution in [-0.2, 0) is 0 Å². The molecule has 0 spiro atoms. The third-order valence-electron chi connectivity index (χ3n) is 1.91. The molecule has 1 N–H and O–H groups in total. The number of hydrogen-bond donors (Lipinski definition) is 1. The van der Waals surface area contributed by atoms with Crippen LogP contribution in [0, 0.1) is 6.92 Å². The average Bonchev–Trinajstić information content (AvgIpc) is 2.15. The number of halogens is 10. The zero-order valence-electron chi connectivity index (χ0n) is 8.14. The summed E-state index contributed by atoms with van der Waals surface area (Å²) in [6.45, 7) is -1.71. The first kappa shape index (κ1) is 17.3. The normalized spacial score (nSPS) is 16.0. The first-order chi connectivity index (χ1) is 7.56. The van der Waals surface area contributed by atoms with Crippen LogP contribution >= 0.6 is 0 Å². The fourth-order valence-corrected chi connectivity index (χ4v) is 0.756. The summed E-state index contributed by atoms with van der Waals surface area (Å²) >= 11 is 0. The van der Waals surface area contributed by atoms with Crippen LogP contribution < -0.4 is 0 Å². The standard InChI is InChI=1S/C7H5F10O/c1-3(8,9)5(12,13)7(16,17)6(14,15)4(10,11)2-18/h18H,1-2H2. The fourth-order valence-electron chi connectivity index (χ4n) is 0.756. The van der Waals surface area contributed by atoms with Crippen molar-refractivity contribution in [2.45, 2.75) is 29.6 Å². The number of aliphatic hydroxyl groups excluding tert-OH is 1. The molecular weight excluding hydrogens is 290 g/mol. The Bertz CT molecular complexity index is 304. The largest absolute Gasteiger partial charge is 0.390 e. The van der Waals surface area contributed by atoms with E-state index in [4.69, 9.17) is 5.11 Å². The van der Waals surface area contributed by atoms with Crippen molar-refractivity contribution in [3.05, 3.63) is 6.92 Å². The smallest absolute Gasteiger partial charge is 0.384 e. The van der Waals surface area contributed by atoms with Crippen molar-refractivity contribution in [2.24, 2.45) is 0 Å². The topological polar surface area (TPSA) is 20.2 Å². The van der Waals surface area contributed by atoms with Crippen molar-refractivity contribution >= 4 is 0 Å². The summed E-state index contributed by atoms with van der Waals surface area (Å²) in [7, 11) is 0. The minimum Gasteiger partial charge on any atom is -0.390 e. The molecule has 0 heterocycles. The summed E-state index contributed by atoms with van der Waals surface area (Å²) in [6.07, 6.45) is 0. The maximum absolute atomic E-state index is 12.5. The third kappa shape index (κ3) is 2.12. The third-order valence-corrected chi connectivity index (χ3v) is 1.91. The van der Waals surface area contributed by atoms with E-state index >= 15 is 0 Å². The fraction of sp³-hybridized carbons (Fsp3) is 0.857. The Labute approximate surface area is 93.4 Å². The van der Waals surface area contributed by atoms with Crippen LogP contribution in [-0.4, -0.2) is 41.3 Å². The van der Waals surface area contributed by atoms with Gasteiger partial charge in [-0.2, -0.15) is 43.9 Å². The van der Waals surface area contributed by atoms with E-state index < -0.39 is 36.2 Å². The van der Waals surface area contributed by atoms with Gasteiger partial charge in [-0.15, -0.1) is 0 Å². The van der Waals surface area contributed by atoms with Gasteiger partial charge in [0.1, 0.15) is 6.61 Å². The molecule has 0 aromatic rings. The molecule has 0 fully saturated rings. The van der Waals surface area contributed by atoms with Crippen LogP contribution in [0.5, 0.6) is 0 Å². The molecule has 0 unspecified atom stereocenters. The van der Waals surface area contributed by atoms with Crippen molar-refractivity contribution in [3.8, 4) is 0 Å². The Morgan fingerprint density at radius 3 is 1.22 bits per heavy atom. The molecule has 0 saturated carbocycles. The van der Waals surface area contributed by atoms with Gasteiger partial charge >= 0.3 is 29.6 Å². The lowest BCUT2D eigenvalue weighted by molar-refractivity contribution is -0.397. The van der Waals surface area contributed by atoms with Gasteiger partial charge in [-0.25, -0.2) is 0 Å². The molecule has 1 radical (unpaired) electrons. The van der Waals surface area contributed by atoms with Gasteiger partial charge in [0.25, 0.3) is 0 Å². The second-order valence-corrected chi connectivity index (χ2v) is 3.29. The van der Waals surface area contributed by atoms with Gasteiger partial charge in [0.15, 0.2) is 0 Å². The van der Waals surface area contributed by atoms with Crippen molar-refractivity contribution in [2.75, 3.05) is 6.61 Å².